The van der Waals surface area contributed by atoms with E-state index in [1.807, 2.05) is 42.5 Å². The third-order valence-electron chi connectivity index (χ3n) is 6.68. The summed E-state index contributed by atoms with van der Waals surface area (Å²) < 4.78 is 30.9. The second-order valence-electron chi connectivity index (χ2n) is 9.42. The average Bonchev–Trinajstić information content (AvgIpc) is 3.41. The van der Waals surface area contributed by atoms with Crippen molar-refractivity contribution >= 4 is 22.6 Å². The lowest BCUT2D eigenvalue weighted by molar-refractivity contribution is -0.147. The highest BCUT2D eigenvalue weighted by atomic mass is 32.2. The number of unbranched alkanes of at least 4 members (excludes halogenated alkanes) is 3. The number of likely N-dealkylation sites (tertiary alicyclic amines) is 1. The molecular formula is C29H33FN2O4S. The zero-order chi connectivity index (χ0) is 26.0. The lowest BCUT2D eigenvalue weighted by Gasteiger charge is -2.42. The summed E-state index contributed by atoms with van der Waals surface area (Å²) in [4.78, 5) is 27.6. The van der Waals surface area contributed by atoms with Crippen LogP contribution in [-0.2, 0) is 39.0 Å². The molecule has 37 heavy (non-hydrogen) atoms. The minimum absolute atomic E-state index is 0.201. The van der Waals surface area contributed by atoms with Crippen molar-refractivity contribution in [1.82, 2.24) is 10.2 Å². The Kier molecular flexibility index (Phi) is 9.65. The highest BCUT2D eigenvalue weighted by Gasteiger charge is 2.46. The smallest absolute Gasteiger partial charge is 0.243 e. The van der Waals surface area contributed by atoms with Gasteiger partial charge in [-0.2, -0.15) is 0 Å². The van der Waals surface area contributed by atoms with Gasteiger partial charge in [0.25, 0.3) is 0 Å². The number of nitrogens with one attached hydrogen (secondary N) is 1. The fourth-order valence-corrected chi connectivity index (χ4v) is 5.91. The van der Waals surface area contributed by atoms with Gasteiger partial charge < -0.3 is 14.6 Å². The van der Waals surface area contributed by atoms with Crippen LogP contribution in [0.1, 0.15) is 42.4 Å². The highest BCUT2D eigenvalue weighted by Crippen LogP contribution is 2.24. The van der Waals surface area contributed by atoms with Gasteiger partial charge in [-0.05, 0) is 54.2 Å². The Balaban J connectivity index is 1.22. The molecule has 0 aliphatic carbocycles. The molecule has 6 nitrogen and oxygen atoms in total. The summed E-state index contributed by atoms with van der Waals surface area (Å²) in [7, 11) is -1.33. The van der Waals surface area contributed by atoms with Crippen LogP contribution in [0, 0.1) is 5.82 Å². The van der Waals surface area contributed by atoms with E-state index in [0.717, 1.165) is 48.8 Å². The molecule has 2 heterocycles. The number of furan rings is 1. The molecule has 8 heteroatoms. The van der Waals surface area contributed by atoms with Gasteiger partial charge in [0.2, 0.25) is 11.8 Å². The van der Waals surface area contributed by atoms with E-state index in [9.17, 15) is 18.2 Å². The Labute approximate surface area is 219 Å². The SMILES string of the molecule is O=C(NCCCCCCc1ccc(F)cc1)C(Cc1ccoc1)N1CC(S(=O)Cc2ccccc2)C1=O. The quantitative estimate of drug-likeness (QED) is 0.250. The predicted octanol–water partition coefficient (Wildman–Crippen LogP) is 4.41. The molecule has 0 radical (unpaired) electrons. The number of carbonyl (C=O) groups excluding carboxylic acids is 2. The standard InChI is InChI=1S/C29H33FN2O4S/c30-25-13-11-22(12-14-25)8-4-1-2-7-16-31-28(33)26(18-24-15-17-36-20-24)32-19-27(29(32)34)37(35)21-23-9-5-3-6-10-23/h3,5-6,9-15,17,20,26-27H,1-2,4,7-8,16,18-19,21H2,(H,31,33). The van der Waals surface area contributed by atoms with Crippen molar-refractivity contribution in [3.63, 3.8) is 0 Å². The summed E-state index contributed by atoms with van der Waals surface area (Å²) in [6.07, 6.45) is 8.22. The van der Waals surface area contributed by atoms with Crippen molar-refractivity contribution in [3.05, 3.63) is 95.7 Å². The van der Waals surface area contributed by atoms with E-state index in [-0.39, 0.29) is 17.6 Å². The molecule has 1 aliphatic heterocycles. The van der Waals surface area contributed by atoms with E-state index in [0.29, 0.717) is 25.3 Å². The van der Waals surface area contributed by atoms with Crippen LogP contribution in [0.5, 0.6) is 0 Å². The highest BCUT2D eigenvalue weighted by molar-refractivity contribution is 7.85. The molecule has 2 amide bonds. The first-order valence-electron chi connectivity index (χ1n) is 12.8. The summed E-state index contributed by atoms with van der Waals surface area (Å²) >= 11 is 0. The second kappa shape index (κ2) is 13.3. The van der Waals surface area contributed by atoms with Crippen molar-refractivity contribution in [1.29, 1.82) is 0 Å². The van der Waals surface area contributed by atoms with Gasteiger partial charge >= 0.3 is 0 Å². The molecule has 1 aliphatic rings. The van der Waals surface area contributed by atoms with Crippen LogP contribution in [0.3, 0.4) is 0 Å². The number of hydrogen-bond donors (Lipinski definition) is 1. The van der Waals surface area contributed by atoms with E-state index in [1.165, 1.54) is 12.1 Å². The Morgan fingerprint density at radius 3 is 2.46 bits per heavy atom. The summed E-state index contributed by atoms with van der Waals surface area (Å²) in [5.41, 5.74) is 2.89. The zero-order valence-corrected chi connectivity index (χ0v) is 21.6. The number of amides is 2. The monoisotopic (exact) mass is 524 g/mol. The van der Waals surface area contributed by atoms with Gasteiger partial charge in [-0.15, -0.1) is 0 Å². The van der Waals surface area contributed by atoms with Gasteiger partial charge in [0.1, 0.15) is 17.1 Å². The van der Waals surface area contributed by atoms with Crippen LogP contribution in [0.15, 0.2) is 77.6 Å². The molecule has 1 fully saturated rings. The zero-order valence-electron chi connectivity index (χ0n) is 20.8. The summed E-state index contributed by atoms with van der Waals surface area (Å²) in [6.45, 7) is 0.834. The summed E-state index contributed by atoms with van der Waals surface area (Å²) in [5.74, 6) is -0.335. The predicted molar refractivity (Wildman–Crippen MR) is 142 cm³/mol. The minimum atomic E-state index is -1.33. The van der Waals surface area contributed by atoms with Gasteiger partial charge in [-0.1, -0.05) is 55.3 Å². The third-order valence-corrected chi connectivity index (χ3v) is 8.29. The summed E-state index contributed by atoms with van der Waals surface area (Å²) in [5, 5.41) is 2.40. The van der Waals surface area contributed by atoms with Gasteiger partial charge in [0.05, 0.1) is 12.5 Å². The molecule has 1 aromatic heterocycles. The van der Waals surface area contributed by atoms with Gasteiger partial charge in [0, 0.05) is 36.1 Å². The van der Waals surface area contributed by atoms with Crippen molar-refractivity contribution in [3.8, 4) is 0 Å². The van der Waals surface area contributed by atoms with Crippen LogP contribution < -0.4 is 5.32 Å². The second-order valence-corrected chi connectivity index (χ2v) is 11.0. The molecule has 196 valence electrons. The van der Waals surface area contributed by atoms with Crippen LogP contribution in [-0.4, -0.2) is 45.3 Å². The molecule has 3 atom stereocenters. The number of rotatable bonds is 14. The molecular weight excluding hydrogens is 491 g/mol. The molecule has 3 unspecified atom stereocenters. The molecule has 1 saturated heterocycles. The Bertz CT molecular complexity index is 1170. The van der Waals surface area contributed by atoms with Gasteiger partial charge in [-0.3, -0.25) is 13.8 Å². The molecule has 4 rings (SSSR count). The first-order chi connectivity index (χ1) is 18.0. The lowest BCUT2D eigenvalue weighted by atomic mass is 10.0. The number of halogens is 1. The minimum Gasteiger partial charge on any atom is -0.472 e. The topological polar surface area (TPSA) is 79.6 Å². The maximum Gasteiger partial charge on any atom is 0.243 e. The first kappa shape index (κ1) is 26.8. The molecule has 1 N–H and O–H groups in total. The van der Waals surface area contributed by atoms with Crippen LogP contribution >= 0.6 is 0 Å². The van der Waals surface area contributed by atoms with E-state index >= 15 is 0 Å². The number of hydrogen-bond acceptors (Lipinski definition) is 4. The number of carbonyl (C=O) groups is 2. The van der Waals surface area contributed by atoms with Crippen LogP contribution in [0.2, 0.25) is 0 Å². The van der Waals surface area contributed by atoms with Crippen LogP contribution in [0.25, 0.3) is 0 Å². The fraction of sp³-hybridized carbons (Fsp3) is 0.379. The lowest BCUT2D eigenvalue weighted by Crippen LogP contribution is -2.65. The van der Waals surface area contributed by atoms with E-state index in [2.05, 4.69) is 5.32 Å². The Morgan fingerprint density at radius 1 is 1.00 bits per heavy atom. The van der Waals surface area contributed by atoms with E-state index in [1.54, 1.807) is 23.5 Å². The van der Waals surface area contributed by atoms with E-state index < -0.39 is 22.1 Å². The molecule has 0 bridgehead atoms. The number of benzene rings is 2. The van der Waals surface area contributed by atoms with Crippen molar-refractivity contribution < 1.29 is 22.6 Å². The number of β-lactam (4-membered cyclic amide) rings is 1. The molecule has 3 aromatic rings. The average molecular weight is 525 g/mol. The van der Waals surface area contributed by atoms with Crippen molar-refractivity contribution in [2.75, 3.05) is 13.1 Å². The van der Waals surface area contributed by atoms with E-state index in [4.69, 9.17) is 4.42 Å². The Morgan fingerprint density at radius 2 is 1.76 bits per heavy atom. The maximum absolute atomic E-state index is 13.1. The molecule has 0 spiro atoms. The molecule has 0 saturated carbocycles. The van der Waals surface area contributed by atoms with Crippen molar-refractivity contribution in [2.45, 2.75) is 55.6 Å². The normalized spacial score (nSPS) is 16.7. The Hall–Kier alpha value is -3.26. The maximum atomic E-state index is 13.1. The number of nitrogens with zero attached hydrogens (tertiary/aromatic N) is 1. The summed E-state index contributed by atoms with van der Waals surface area (Å²) in [6, 6.07) is 17.2. The number of aryl methyl sites for hydroxylation is 1. The van der Waals surface area contributed by atoms with Crippen molar-refractivity contribution in [2.24, 2.45) is 0 Å². The largest absolute Gasteiger partial charge is 0.472 e. The fourth-order valence-electron chi connectivity index (χ4n) is 4.50. The van der Waals surface area contributed by atoms with Gasteiger partial charge in [0.15, 0.2) is 0 Å². The third kappa shape index (κ3) is 7.61. The van der Waals surface area contributed by atoms with Crippen LogP contribution in [0.4, 0.5) is 4.39 Å². The first-order valence-corrected chi connectivity index (χ1v) is 14.1. The van der Waals surface area contributed by atoms with Gasteiger partial charge in [-0.25, -0.2) is 4.39 Å². The molecule has 2 aromatic carbocycles.